The molecule has 96 valence electrons. The Balaban J connectivity index is 2.13. The number of fused-ring (bicyclic) bond motifs is 1. The molecule has 19 heavy (non-hydrogen) atoms. The molecule has 1 aromatic carbocycles. The fourth-order valence-electron chi connectivity index (χ4n) is 2.26. The Labute approximate surface area is 116 Å². The van der Waals surface area contributed by atoms with Gasteiger partial charge in [0.25, 0.3) is 0 Å². The second-order valence-electron chi connectivity index (χ2n) is 4.71. The summed E-state index contributed by atoms with van der Waals surface area (Å²) in [5, 5.41) is 11.6. The number of hydrogen-bond acceptors (Lipinski definition) is 3. The van der Waals surface area contributed by atoms with Gasteiger partial charge in [0.1, 0.15) is 6.10 Å². The zero-order valence-corrected chi connectivity index (χ0v) is 11.7. The van der Waals surface area contributed by atoms with Gasteiger partial charge in [-0.2, -0.15) is 0 Å². The van der Waals surface area contributed by atoms with Crippen molar-refractivity contribution < 1.29 is 5.11 Å². The smallest absolute Gasteiger partial charge is 0.114 e. The van der Waals surface area contributed by atoms with Crippen LogP contribution in [0.2, 0.25) is 0 Å². The lowest BCUT2D eigenvalue weighted by molar-refractivity contribution is 0.225. The SMILES string of the molecule is Cc1cc(C(O)c2cccc3ncccc23)sc1C. The summed E-state index contributed by atoms with van der Waals surface area (Å²) < 4.78 is 0. The molecule has 2 nitrogen and oxygen atoms in total. The largest absolute Gasteiger partial charge is 0.383 e. The van der Waals surface area contributed by atoms with Crippen LogP contribution in [-0.2, 0) is 0 Å². The highest BCUT2D eigenvalue weighted by Crippen LogP contribution is 2.33. The van der Waals surface area contributed by atoms with E-state index in [1.165, 1.54) is 10.4 Å². The summed E-state index contributed by atoms with van der Waals surface area (Å²) >= 11 is 1.66. The van der Waals surface area contributed by atoms with E-state index in [4.69, 9.17) is 0 Å². The molecular weight excluding hydrogens is 254 g/mol. The quantitative estimate of drug-likeness (QED) is 0.763. The number of aryl methyl sites for hydroxylation is 2. The maximum atomic E-state index is 10.6. The highest BCUT2D eigenvalue weighted by Gasteiger charge is 2.16. The van der Waals surface area contributed by atoms with Crippen molar-refractivity contribution in [2.24, 2.45) is 0 Å². The molecule has 1 atom stereocenters. The lowest BCUT2D eigenvalue weighted by Gasteiger charge is -2.11. The molecule has 0 aliphatic rings. The average molecular weight is 269 g/mol. The summed E-state index contributed by atoms with van der Waals surface area (Å²) in [6.07, 6.45) is 1.20. The fraction of sp³-hybridized carbons (Fsp3) is 0.188. The zero-order chi connectivity index (χ0) is 13.4. The van der Waals surface area contributed by atoms with Crippen molar-refractivity contribution in [2.75, 3.05) is 0 Å². The second kappa shape index (κ2) is 4.76. The third-order valence-electron chi connectivity index (χ3n) is 3.43. The number of benzene rings is 1. The van der Waals surface area contributed by atoms with Gasteiger partial charge >= 0.3 is 0 Å². The van der Waals surface area contributed by atoms with Crippen molar-refractivity contribution in [3.05, 3.63) is 63.5 Å². The Kier molecular flexibility index (Phi) is 3.09. The summed E-state index contributed by atoms with van der Waals surface area (Å²) in [6, 6.07) is 11.9. The molecule has 0 saturated heterocycles. The van der Waals surface area contributed by atoms with E-state index in [2.05, 4.69) is 24.9 Å². The van der Waals surface area contributed by atoms with Gasteiger partial charge in [0.2, 0.25) is 0 Å². The summed E-state index contributed by atoms with van der Waals surface area (Å²) in [6.45, 7) is 4.16. The van der Waals surface area contributed by atoms with Gasteiger partial charge in [-0.05, 0) is 43.2 Å². The Morgan fingerprint density at radius 1 is 1.16 bits per heavy atom. The van der Waals surface area contributed by atoms with Gasteiger partial charge in [-0.3, -0.25) is 4.98 Å². The maximum absolute atomic E-state index is 10.6. The molecule has 0 radical (unpaired) electrons. The first-order valence-corrected chi connectivity index (χ1v) is 7.07. The molecule has 1 N–H and O–H groups in total. The van der Waals surface area contributed by atoms with Gasteiger partial charge in [-0.1, -0.05) is 18.2 Å². The minimum atomic E-state index is -0.578. The second-order valence-corrected chi connectivity index (χ2v) is 6.00. The summed E-state index contributed by atoms with van der Waals surface area (Å²) in [5.74, 6) is 0. The Hall–Kier alpha value is -1.71. The lowest BCUT2D eigenvalue weighted by atomic mass is 10.0. The first-order chi connectivity index (χ1) is 9.16. The summed E-state index contributed by atoms with van der Waals surface area (Å²) in [5.41, 5.74) is 3.08. The molecule has 0 bridgehead atoms. The number of aromatic nitrogens is 1. The van der Waals surface area contributed by atoms with Gasteiger partial charge in [0.15, 0.2) is 0 Å². The molecule has 3 aromatic rings. The third kappa shape index (κ3) is 2.15. The van der Waals surface area contributed by atoms with Crippen molar-refractivity contribution in [3.63, 3.8) is 0 Å². The van der Waals surface area contributed by atoms with Crippen LogP contribution < -0.4 is 0 Å². The Bertz CT molecular complexity index is 708. The number of aliphatic hydroxyl groups is 1. The van der Waals surface area contributed by atoms with Gasteiger partial charge in [-0.25, -0.2) is 0 Å². The van der Waals surface area contributed by atoms with Crippen molar-refractivity contribution >= 4 is 22.2 Å². The molecule has 3 rings (SSSR count). The van der Waals surface area contributed by atoms with Crippen LogP contribution in [0.25, 0.3) is 10.9 Å². The van der Waals surface area contributed by atoms with E-state index in [1.807, 2.05) is 30.3 Å². The van der Waals surface area contributed by atoms with Crippen molar-refractivity contribution in [3.8, 4) is 0 Å². The molecule has 0 aliphatic carbocycles. The van der Waals surface area contributed by atoms with Gasteiger partial charge in [-0.15, -0.1) is 11.3 Å². The molecule has 0 aliphatic heterocycles. The number of aliphatic hydroxyl groups excluding tert-OH is 1. The maximum Gasteiger partial charge on any atom is 0.114 e. The first kappa shape index (κ1) is 12.3. The topological polar surface area (TPSA) is 33.1 Å². The number of thiophene rings is 1. The van der Waals surface area contributed by atoms with Crippen LogP contribution in [0.3, 0.4) is 0 Å². The molecule has 0 spiro atoms. The van der Waals surface area contributed by atoms with E-state index in [1.54, 1.807) is 17.5 Å². The summed E-state index contributed by atoms with van der Waals surface area (Å²) in [4.78, 5) is 6.58. The van der Waals surface area contributed by atoms with Crippen molar-refractivity contribution in [1.29, 1.82) is 0 Å². The van der Waals surface area contributed by atoms with Crippen molar-refractivity contribution in [1.82, 2.24) is 4.98 Å². The van der Waals surface area contributed by atoms with Crippen LogP contribution in [0.4, 0.5) is 0 Å². The van der Waals surface area contributed by atoms with E-state index in [0.29, 0.717) is 0 Å². The van der Waals surface area contributed by atoms with E-state index < -0.39 is 6.10 Å². The minimum Gasteiger partial charge on any atom is -0.383 e. The number of hydrogen-bond donors (Lipinski definition) is 1. The van der Waals surface area contributed by atoms with Gasteiger partial charge in [0, 0.05) is 21.3 Å². The molecular formula is C16H15NOS. The predicted molar refractivity (Wildman–Crippen MR) is 79.6 cm³/mol. The van der Waals surface area contributed by atoms with Crippen LogP contribution in [0, 0.1) is 13.8 Å². The van der Waals surface area contributed by atoms with E-state index in [0.717, 1.165) is 21.3 Å². The average Bonchev–Trinajstić information content (AvgIpc) is 2.77. The molecule has 0 amide bonds. The Morgan fingerprint density at radius 2 is 2.00 bits per heavy atom. The summed E-state index contributed by atoms with van der Waals surface area (Å²) in [7, 11) is 0. The predicted octanol–water partition coefficient (Wildman–Crippen LogP) is 3.99. The Morgan fingerprint density at radius 3 is 2.74 bits per heavy atom. The monoisotopic (exact) mass is 269 g/mol. The molecule has 3 heteroatoms. The van der Waals surface area contributed by atoms with Crippen molar-refractivity contribution in [2.45, 2.75) is 20.0 Å². The van der Waals surface area contributed by atoms with Crippen LogP contribution in [0.1, 0.15) is 27.0 Å². The van der Waals surface area contributed by atoms with Crippen LogP contribution in [-0.4, -0.2) is 10.1 Å². The van der Waals surface area contributed by atoms with Gasteiger partial charge in [0.05, 0.1) is 5.52 Å². The standard InChI is InChI=1S/C16H15NOS/c1-10-9-15(19-11(10)2)16(18)13-5-3-7-14-12(13)6-4-8-17-14/h3-9,16,18H,1-2H3. The molecule has 0 saturated carbocycles. The lowest BCUT2D eigenvalue weighted by Crippen LogP contribution is -1.98. The third-order valence-corrected chi connectivity index (χ3v) is 4.63. The highest BCUT2D eigenvalue weighted by atomic mass is 32.1. The van der Waals surface area contributed by atoms with Gasteiger partial charge < -0.3 is 5.11 Å². The molecule has 2 aromatic heterocycles. The number of rotatable bonds is 2. The normalized spacial score (nSPS) is 12.8. The highest BCUT2D eigenvalue weighted by molar-refractivity contribution is 7.12. The number of pyridine rings is 1. The zero-order valence-electron chi connectivity index (χ0n) is 10.9. The van der Waals surface area contributed by atoms with Crippen LogP contribution in [0.5, 0.6) is 0 Å². The fourth-order valence-corrected chi connectivity index (χ4v) is 3.30. The van der Waals surface area contributed by atoms with Crippen LogP contribution >= 0.6 is 11.3 Å². The molecule has 2 heterocycles. The van der Waals surface area contributed by atoms with Crippen LogP contribution in [0.15, 0.2) is 42.6 Å². The number of nitrogens with zero attached hydrogens (tertiary/aromatic N) is 1. The molecule has 1 unspecified atom stereocenters. The minimum absolute atomic E-state index is 0.578. The van der Waals surface area contributed by atoms with E-state index in [-0.39, 0.29) is 0 Å². The first-order valence-electron chi connectivity index (χ1n) is 6.25. The molecule has 0 fully saturated rings. The van der Waals surface area contributed by atoms with E-state index >= 15 is 0 Å². The van der Waals surface area contributed by atoms with E-state index in [9.17, 15) is 5.11 Å².